The highest BCUT2D eigenvalue weighted by atomic mass is 19.2. The second-order valence-corrected chi connectivity index (χ2v) is 7.95. The topological polar surface area (TPSA) is 81.4 Å². The number of ether oxygens (including phenoxy) is 1. The molecule has 0 atom stereocenters. The lowest BCUT2D eigenvalue weighted by Gasteiger charge is -2.19. The number of aromatic nitrogens is 4. The molecule has 0 unspecified atom stereocenters. The number of carbonyl (C=O) groups is 1. The van der Waals surface area contributed by atoms with Crippen molar-refractivity contribution in [1.82, 2.24) is 19.6 Å². The highest BCUT2D eigenvalue weighted by Gasteiger charge is 2.17. The quantitative estimate of drug-likeness (QED) is 0.469. The fourth-order valence-electron chi connectivity index (χ4n) is 3.06. The molecule has 29 heavy (non-hydrogen) atoms. The molecule has 0 amide bonds. The third kappa shape index (κ3) is 4.96. The minimum absolute atomic E-state index is 0.198. The molecule has 0 saturated carbocycles. The molecule has 0 aliphatic rings. The van der Waals surface area contributed by atoms with E-state index >= 15 is 0 Å². The van der Waals surface area contributed by atoms with Crippen LogP contribution in [0.3, 0.4) is 0 Å². The fourth-order valence-corrected chi connectivity index (χ4v) is 3.06. The van der Waals surface area contributed by atoms with Crippen molar-refractivity contribution in [3.63, 3.8) is 0 Å². The molecule has 0 aliphatic carbocycles. The van der Waals surface area contributed by atoms with Gasteiger partial charge in [0.15, 0.2) is 17.5 Å². The summed E-state index contributed by atoms with van der Waals surface area (Å²) in [6, 6.07) is 2.16. The molecule has 2 heterocycles. The lowest BCUT2D eigenvalue weighted by Crippen LogP contribution is -2.23. The van der Waals surface area contributed by atoms with Gasteiger partial charge in [0.25, 0.3) is 0 Å². The SMILES string of the molecule is Cc1nnc2c(NCCCCCC(=O)OC(C)(C)C)nc3cc(F)c(F)cc3n12. The van der Waals surface area contributed by atoms with Crippen LogP contribution in [0.2, 0.25) is 0 Å². The second kappa shape index (κ2) is 8.26. The minimum atomic E-state index is -0.955. The van der Waals surface area contributed by atoms with E-state index in [4.69, 9.17) is 4.74 Å². The van der Waals surface area contributed by atoms with Gasteiger partial charge in [-0.2, -0.15) is 0 Å². The summed E-state index contributed by atoms with van der Waals surface area (Å²) in [6.45, 7) is 7.87. The number of benzene rings is 1. The zero-order valence-corrected chi connectivity index (χ0v) is 17.1. The molecule has 0 aliphatic heterocycles. The van der Waals surface area contributed by atoms with Crippen molar-refractivity contribution in [3.8, 4) is 0 Å². The number of carbonyl (C=O) groups excluding carboxylic acids is 1. The van der Waals surface area contributed by atoms with Crippen LogP contribution in [0.25, 0.3) is 16.7 Å². The summed E-state index contributed by atoms with van der Waals surface area (Å²) in [6.07, 6.45) is 2.75. The van der Waals surface area contributed by atoms with Crippen LogP contribution in [0.4, 0.5) is 14.6 Å². The fraction of sp³-hybridized carbons (Fsp3) is 0.500. The summed E-state index contributed by atoms with van der Waals surface area (Å²) in [7, 11) is 0. The molecule has 3 aromatic rings. The molecule has 9 heteroatoms. The predicted molar refractivity (Wildman–Crippen MR) is 106 cm³/mol. The molecule has 156 valence electrons. The van der Waals surface area contributed by atoms with Crippen LogP contribution < -0.4 is 5.32 Å². The van der Waals surface area contributed by atoms with Gasteiger partial charge in [-0.1, -0.05) is 6.42 Å². The normalized spacial score (nSPS) is 11.9. The van der Waals surface area contributed by atoms with Gasteiger partial charge in [0, 0.05) is 25.1 Å². The zero-order valence-electron chi connectivity index (χ0n) is 17.1. The van der Waals surface area contributed by atoms with Crippen LogP contribution in [-0.2, 0) is 9.53 Å². The Morgan fingerprint density at radius 1 is 1.14 bits per heavy atom. The van der Waals surface area contributed by atoms with E-state index in [1.165, 1.54) is 0 Å². The standard InChI is InChI=1S/C20H25F2N5O2/c1-12-25-26-19-18(23-9-7-5-6-8-17(28)29-20(2,3)4)24-15-10-13(21)14(22)11-16(15)27(12)19/h10-11H,5-9H2,1-4H3,(H,23,24). The molecule has 1 aromatic carbocycles. The summed E-state index contributed by atoms with van der Waals surface area (Å²) in [4.78, 5) is 16.1. The van der Waals surface area contributed by atoms with Crippen molar-refractivity contribution in [2.45, 2.75) is 59.0 Å². The third-order valence-corrected chi connectivity index (χ3v) is 4.30. The number of hydrogen-bond donors (Lipinski definition) is 1. The monoisotopic (exact) mass is 405 g/mol. The van der Waals surface area contributed by atoms with Gasteiger partial charge in [0.05, 0.1) is 11.0 Å². The number of hydrogen-bond acceptors (Lipinski definition) is 6. The van der Waals surface area contributed by atoms with Gasteiger partial charge >= 0.3 is 5.97 Å². The number of unbranched alkanes of at least 4 members (excludes halogenated alkanes) is 2. The molecular weight excluding hydrogens is 380 g/mol. The highest BCUT2D eigenvalue weighted by molar-refractivity contribution is 5.83. The van der Waals surface area contributed by atoms with E-state index in [1.54, 1.807) is 11.3 Å². The van der Waals surface area contributed by atoms with Gasteiger partial charge in [-0.05, 0) is 40.5 Å². The van der Waals surface area contributed by atoms with Crippen molar-refractivity contribution < 1.29 is 18.3 Å². The number of fused-ring (bicyclic) bond motifs is 3. The maximum Gasteiger partial charge on any atom is 0.306 e. The van der Waals surface area contributed by atoms with Crippen molar-refractivity contribution in [3.05, 3.63) is 29.6 Å². The van der Waals surface area contributed by atoms with E-state index in [0.29, 0.717) is 41.3 Å². The van der Waals surface area contributed by atoms with E-state index in [2.05, 4.69) is 20.5 Å². The van der Waals surface area contributed by atoms with E-state index in [-0.39, 0.29) is 5.97 Å². The smallest absolute Gasteiger partial charge is 0.306 e. The number of rotatable bonds is 7. The lowest BCUT2D eigenvalue weighted by atomic mass is 10.1. The van der Waals surface area contributed by atoms with Gasteiger partial charge < -0.3 is 10.1 Å². The first kappa shape index (κ1) is 20.9. The Bertz CT molecular complexity index is 1040. The van der Waals surface area contributed by atoms with Crippen LogP contribution in [0.5, 0.6) is 0 Å². The Morgan fingerprint density at radius 2 is 1.86 bits per heavy atom. The molecule has 0 fully saturated rings. The molecule has 0 radical (unpaired) electrons. The molecule has 3 rings (SSSR count). The Kier molecular flexibility index (Phi) is 5.95. The Balaban J connectivity index is 1.63. The minimum Gasteiger partial charge on any atom is -0.460 e. The van der Waals surface area contributed by atoms with Crippen molar-refractivity contribution in [2.24, 2.45) is 0 Å². The number of halogens is 2. The van der Waals surface area contributed by atoms with Crippen LogP contribution in [0.15, 0.2) is 12.1 Å². The zero-order chi connectivity index (χ0) is 21.2. The van der Waals surface area contributed by atoms with Crippen LogP contribution in [-0.4, -0.2) is 37.7 Å². The highest BCUT2D eigenvalue weighted by Crippen LogP contribution is 2.24. The summed E-state index contributed by atoms with van der Waals surface area (Å²) < 4.78 is 34.3. The number of anilines is 1. The van der Waals surface area contributed by atoms with E-state index in [0.717, 1.165) is 31.4 Å². The summed E-state index contributed by atoms with van der Waals surface area (Å²) >= 11 is 0. The molecule has 0 spiro atoms. The Morgan fingerprint density at radius 3 is 2.59 bits per heavy atom. The molecular formula is C20H25F2N5O2. The number of esters is 1. The molecule has 1 N–H and O–H groups in total. The molecule has 7 nitrogen and oxygen atoms in total. The maximum absolute atomic E-state index is 13.7. The average molecular weight is 405 g/mol. The molecule has 0 bridgehead atoms. The lowest BCUT2D eigenvalue weighted by molar-refractivity contribution is -0.154. The largest absolute Gasteiger partial charge is 0.460 e. The van der Waals surface area contributed by atoms with Crippen molar-refractivity contribution in [1.29, 1.82) is 0 Å². The molecule has 2 aromatic heterocycles. The van der Waals surface area contributed by atoms with E-state index < -0.39 is 17.2 Å². The van der Waals surface area contributed by atoms with Gasteiger partial charge in [0.1, 0.15) is 11.4 Å². The average Bonchev–Trinajstić information content (AvgIpc) is 3.00. The Labute approximate surface area is 167 Å². The first-order chi connectivity index (χ1) is 13.7. The van der Waals surface area contributed by atoms with Gasteiger partial charge in [0.2, 0.25) is 5.65 Å². The predicted octanol–water partition coefficient (Wildman–Crippen LogP) is 4.18. The summed E-state index contributed by atoms with van der Waals surface area (Å²) in [5, 5.41) is 11.3. The maximum atomic E-state index is 13.7. The number of nitrogens with zero attached hydrogens (tertiary/aromatic N) is 4. The third-order valence-electron chi connectivity index (χ3n) is 4.30. The number of aryl methyl sites for hydroxylation is 1. The first-order valence-electron chi connectivity index (χ1n) is 9.62. The molecule has 0 saturated heterocycles. The van der Waals surface area contributed by atoms with Gasteiger partial charge in [-0.25, -0.2) is 13.8 Å². The van der Waals surface area contributed by atoms with E-state index in [9.17, 15) is 13.6 Å². The van der Waals surface area contributed by atoms with Crippen molar-refractivity contribution >= 4 is 28.5 Å². The second-order valence-electron chi connectivity index (χ2n) is 7.95. The van der Waals surface area contributed by atoms with Crippen LogP contribution in [0.1, 0.15) is 52.3 Å². The van der Waals surface area contributed by atoms with Gasteiger partial charge in [-0.15, -0.1) is 10.2 Å². The van der Waals surface area contributed by atoms with Crippen LogP contribution in [0, 0.1) is 18.6 Å². The summed E-state index contributed by atoms with van der Waals surface area (Å²) in [5.74, 6) is -1.09. The van der Waals surface area contributed by atoms with E-state index in [1.807, 2.05) is 20.8 Å². The van der Waals surface area contributed by atoms with Crippen LogP contribution >= 0.6 is 0 Å². The number of nitrogens with one attached hydrogen (secondary N) is 1. The van der Waals surface area contributed by atoms with Gasteiger partial charge in [-0.3, -0.25) is 9.20 Å². The Hall–Kier alpha value is -2.84. The summed E-state index contributed by atoms with van der Waals surface area (Å²) in [5.41, 5.74) is 0.704. The van der Waals surface area contributed by atoms with Crippen molar-refractivity contribution in [2.75, 3.05) is 11.9 Å². The first-order valence-corrected chi connectivity index (χ1v) is 9.62.